The molecule has 3 aromatic rings. The van der Waals surface area contributed by atoms with Crippen LogP contribution in [0.25, 0.3) is 11.1 Å². The first-order chi connectivity index (χ1) is 19.6. The van der Waals surface area contributed by atoms with Crippen molar-refractivity contribution in [2.45, 2.75) is 103 Å². The van der Waals surface area contributed by atoms with Crippen molar-refractivity contribution in [3.05, 3.63) is 83.9 Å². The molecular weight excluding hydrogens is 505 g/mol. The number of hydrogen-bond donors (Lipinski definition) is 1. The van der Waals surface area contributed by atoms with Gasteiger partial charge in [0.1, 0.15) is 0 Å². The Morgan fingerprint density at radius 2 is 1.34 bits per heavy atom. The van der Waals surface area contributed by atoms with Crippen LogP contribution in [0.2, 0.25) is 0 Å². The van der Waals surface area contributed by atoms with E-state index < -0.39 is 18.3 Å². The normalized spacial score (nSPS) is 21.5. The molecule has 1 amide bonds. The zero-order chi connectivity index (χ0) is 29.0. The maximum atomic E-state index is 12.9. The van der Waals surface area contributed by atoms with E-state index in [9.17, 15) is 4.79 Å². The number of anilines is 1. The standard InChI is InChI=1S/C36H46BNO3/c1-6-7-8-9-26-10-12-27(13-11-26)28-14-16-29(17-15-28)30-20-24-33(25-21-30)38-34(39)31-18-22-32(23-19-31)37-40-35(2,3)36(4,5)41-37/h14-27H,6-13H2,1-5H3,(H,38,39). The van der Waals surface area contributed by atoms with E-state index >= 15 is 0 Å². The minimum absolute atomic E-state index is 0.136. The monoisotopic (exact) mass is 551 g/mol. The van der Waals surface area contributed by atoms with Gasteiger partial charge in [-0.05, 0) is 112 Å². The van der Waals surface area contributed by atoms with E-state index in [1.807, 2.05) is 64.1 Å². The van der Waals surface area contributed by atoms with E-state index in [2.05, 4.69) is 48.6 Å². The molecule has 0 bridgehead atoms. The Hall–Kier alpha value is -2.89. The van der Waals surface area contributed by atoms with Crippen LogP contribution in [0, 0.1) is 5.92 Å². The molecule has 0 unspecified atom stereocenters. The average molecular weight is 552 g/mol. The summed E-state index contributed by atoms with van der Waals surface area (Å²) in [6.07, 6.45) is 10.9. The highest BCUT2D eigenvalue weighted by atomic mass is 16.7. The van der Waals surface area contributed by atoms with Crippen molar-refractivity contribution in [3.8, 4) is 11.1 Å². The van der Waals surface area contributed by atoms with E-state index in [-0.39, 0.29) is 5.91 Å². The minimum atomic E-state index is -0.436. The molecule has 1 saturated carbocycles. The summed E-state index contributed by atoms with van der Waals surface area (Å²) in [6.45, 7) is 10.4. The fourth-order valence-corrected chi connectivity index (χ4v) is 6.14. The second kappa shape index (κ2) is 12.5. The third-order valence-corrected chi connectivity index (χ3v) is 9.62. The summed E-state index contributed by atoms with van der Waals surface area (Å²) < 4.78 is 12.3. The minimum Gasteiger partial charge on any atom is -0.399 e. The second-order valence-corrected chi connectivity index (χ2v) is 13.1. The van der Waals surface area contributed by atoms with Crippen LogP contribution in [0.5, 0.6) is 0 Å². The van der Waals surface area contributed by atoms with E-state index in [0.717, 1.165) is 22.6 Å². The zero-order valence-corrected chi connectivity index (χ0v) is 25.5. The summed E-state index contributed by atoms with van der Waals surface area (Å²) in [6, 6.07) is 24.7. The lowest BCUT2D eigenvalue weighted by Gasteiger charge is -2.32. The van der Waals surface area contributed by atoms with Crippen LogP contribution >= 0.6 is 0 Å². The maximum Gasteiger partial charge on any atom is 0.494 e. The fraction of sp³-hybridized carbons (Fsp3) is 0.472. The van der Waals surface area contributed by atoms with E-state index in [4.69, 9.17) is 9.31 Å². The van der Waals surface area contributed by atoms with E-state index in [0.29, 0.717) is 11.5 Å². The molecule has 2 fully saturated rings. The van der Waals surface area contributed by atoms with E-state index in [1.54, 1.807) is 0 Å². The summed E-state index contributed by atoms with van der Waals surface area (Å²) in [7, 11) is -0.436. The van der Waals surface area contributed by atoms with Crippen LogP contribution in [0.4, 0.5) is 5.69 Å². The van der Waals surface area contributed by atoms with Crippen molar-refractivity contribution in [2.75, 3.05) is 5.32 Å². The van der Waals surface area contributed by atoms with Crippen molar-refractivity contribution in [2.24, 2.45) is 5.92 Å². The number of nitrogens with one attached hydrogen (secondary N) is 1. The van der Waals surface area contributed by atoms with Crippen molar-refractivity contribution < 1.29 is 14.1 Å². The van der Waals surface area contributed by atoms with Gasteiger partial charge in [0.2, 0.25) is 0 Å². The summed E-state index contributed by atoms with van der Waals surface area (Å²) in [4.78, 5) is 12.9. The van der Waals surface area contributed by atoms with Crippen LogP contribution in [0.15, 0.2) is 72.8 Å². The van der Waals surface area contributed by atoms with Gasteiger partial charge < -0.3 is 14.6 Å². The first kappa shape index (κ1) is 29.6. The van der Waals surface area contributed by atoms with Gasteiger partial charge in [-0.3, -0.25) is 4.79 Å². The highest BCUT2D eigenvalue weighted by Crippen LogP contribution is 2.39. The number of carbonyl (C=O) groups excluding carboxylic acids is 1. The van der Waals surface area contributed by atoms with Crippen LogP contribution < -0.4 is 10.8 Å². The predicted molar refractivity (Wildman–Crippen MR) is 171 cm³/mol. The average Bonchev–Trinajstić information content (AvgIpc) is 3.20. The number of rotatable bonds is 9. The fourth-order valence-electron chi connectivity index (χ4n) is 6.14. The molecule has 4 nitrogen and oxygen atoms in total. The Morgan fingerprint density at radius 3 is 1.90 bits per heavy atom. The van der Waals surface area contributed by atoms with Gasteiger partial charge in [0, 0.05) is 11.3 Å². The lowest BCUT2D eigenvalue weighted by molar-refractivity contribution is 0.00578. The topological polar surface area (TPSA) is 47.6 Å². The largest absolute Gasteiger partial charge is 0.494 e. The SMILES string of the molecule is CCCCCC1CCC(c2ccc(-c3ccc(NC(=O)c4ccc(B5OC(C)(C)C(C)(C)O5)cc4)cc3)cc2)CC1. The molecule has 0 atom stereocenters. The smallest absolute Gasteiger partial charge is 0.399 e. The Morgan fingerprint density at radius 1 is 0.780 bits per heavy atom. The Labute approximate surface area is 247 Å². The van der Waals surface area contributed by atoms with Crippen molar-refractivity contribution in [1.82, 2.24) is 0 Å². The Bertz CT molecular complexity index is 1270. The van der Waals surface area contributed by atoms with Gasteiger partial charge in [0.15, 0.2) is 0 Å². The van der Waals surface area contributed by atoms with E-state index in [1.165, 1.54) is 62.5 Å². The van der Waals surface area contributed by atoms with Crippen molar-refractivity contribution >= 4 is 24.2 Å². The molecule has 1 aliphatic carbocycles. The van der Waals surface area contributed by atoms with Crippen molar-refractivity contribution in [1.29, 1.82) is 0 Å². The molecule has 2 aliphatic rings. The molecule has 5 heteroatoms. The molecule has 0 radical (unpaired) electrons. The van der Waals surface area contributed by atoms with Gasteiger partial charge >= 0.3 is 7.12 Å². The molecule has 41 heavy (non-hydrogen) atoms. The Balaban J connectivity index is 1.14. The number of benzene rings is 3. The van der Waals surface area contributed by atoms with Gasteiger partial charge in [0.05, 0.1) is 11.2 Å². The first-order valence-electron chi connectivity index (χ1n) is 15.6. The predicted octanol–water partition coefficient (Wildman–Crippen LogP) is 8.76. The molecule has 1 heterocycles. The molecule has 216 valence electrons. The highest BCUT2D eigenvalue weighted by molar-refractivity contribution is 6.62. The lowest BCUT2D eigenvalue weighted by Crippen LogP contribution is -2.41. The van der Waals surface area contributed by atoms with Crippen molar-refractivity contribution in [3.63, 3.8) is 0 Å². The lowest BCUT2D eigenvalue weighted by atomic mass is 9.77. The summed E-state index contributed by atoms with van der Waals surface area (Å²) in [5.74, 6) is 1.51. The number of carbonyl (C=O) groups is 1. The van der Waals surface area contributed by atoms with Gasteiger partial charge in [-0.15, -0.1) is 0 Å². The molecule has 0 aromatic heterocycles. The van der Waals surface area contributed by atoms with Crippen LogP contribution in [0.1, 0.15) is 108 Å². The number of unbranched alkanes of at least 4 members (excludes halogenated alkanes) is 2. The van der Waals surface area contributed by atoms with Crippen LogP contribution in [-0.4, -0.2) is 24.2 Å². The zero-order valence-electron chi connectivity index (χ0n) is 25.5. The highest BCUT2D eigenvalue weighted by Gasteiger charge is 2.51. The van der Waals surface area contributed by atoms with Gasteiger partial charge in [-0.25, -0.2) is 0 Å². The second-order valence-electron chi connectivity index (χ2n) is 13.1. The Kier molecular flexibility index (Phi) is 9.06. The molecule has 3 aromatic carbocycles. The van der Waals surface area contributed by atoms with Crippen LogP contribution in [-0.2, 0) is 9.31 Å². The van der Waals surface area contributed by atoms with Crippen LogP contribution in [0.3, 0.4) is 0 Å². The molecule has 1 N–H and O–H groups in total. The molecule has 1 saturated heterocycles. The summed E-state index contributed by atoms with van der Waals surface area (Å²) in [5.41, 5.74) is 5.34. The number of hydrogen-bond acceptors (Lipinski definition) is 3. The molecular formula is C36H46BNO3. The quantitative estimate of drug-likeness (QED) is 0.214. The molecule has 1 aliphatic heterocycles. The molecule has 0 spiro atoms. The summed E-state index contributed by atoms with van der Waals surface area (Å²) in [5, 5.41) is 3.02. The third-order valence-electron chi connectivity index (χ3n) is 9.62. The number of amides is 1. The molecule has 5 rings (SSSR count). The summed E-state index contributed by atoms with van der Waals surface area (Å²) >= 11 is 0. The van der Waals surface area contributed by atoms with Gasteiger partial charge in [0.25, 0.3) is 5.91 Å². The maximum absolute atomic E-state index is 12.9. The van der Waals surface area contributed by atoms with Gasteiger partial charge in [-0.1, -0.05) is 81.1 Å². The third kappa shape index (κ3) is 6.96. The first-order valence-corrected chi connectivity index (χ1v) is 15.6. The van der Waals surface area contributed by atoms with Gasteiger partial charge in [-0.2, -0.15) is 0 Å².